The van der Waals surface area contributed by atoms with Crippen LogP contribution in [0.3, 0.4) is 0 Å². The number of rotatable bonds is 5. The first-order valence-electron chi connectivity index (χ1n) is 7.18. The van der Waals surface area contributed by atoms with Crippen molar-refractivity contribution in [2.45, 2.75) is 64.0 Å². The molecule has 2 fully saturated rings. The van der Waals surface area contributed by atoms with Crippen LogP contribution < -0.4 is 5.32 Å². The van der Waals surface area contributed by atoms with E-state index in [4.69, 9.17) is 0 Å². The fraction of sp³-hybridized carbons (Fsp3) is 0.929. The molecule has 2 aliphatic carbocycles. The Kier molecular flexibility index (Phi) is 4.43. The molecule has 17 heavy (non-hydrogen) atoms. The summed E-state index contributed by atoms with van der Waals surface area (Å²) in [5, 5.41) is 3.08. The minimum Gasteiger partial charge on any atom is -0.337 e. The summed E-state index contributed by atoms with van der Waals surface area (Å²) in [6.45, 7) is 3.14. The molecule has 0 aromatic heterocycles. The molecule has 1 N–H and O–H groups in total. The Balaban J connectivity index is 1.90. The van der Waals surface area contributed by atoms with Crippen LogP contribution in [0.5, 0.6) is 0 Å². The van der Waals surface area contributed by atoms with Gasteiger partial charge in [-0.25, -0.2) is 0 Å². The second kappa shape index (κ2) is 5.85. The van der Waals surface area contributed by atoms with E-state index in [0.29, 0.717) is 24.4 Å². The Bertz CT molecular complexity index is 255. The van der Waals surface area contributed by atoms with Crippen molar-refractivity contribution in [3.05, 3.63) is 0 Å². The highest BCUT2D eigenvalue weighted by Gasteiger charge is 2.37. The van der Waals surface area contributed by atoms with Gasteiger partial charge in [-0.05, 0) is 51.5 Å². The smallest absolute Gasteiger partial charge is 0.224 e. The largest absolute Gasteiger partial charge is 0.337 e. The molecule has 2 aliphatic rings. The lowest BCUT2D eigenvalue weighted by Crippen LogP contribution is -2.44. The second-order valence-electron chi connectivity index (χ2n) is 5.80. The molecule has 0 radical (unpaired) electrons. The van der Waals surface area contributed by atoms with E-state index in [-0.39, 0.29) is 0 Å². The quantitative estimate of drug-likeness (QED) is 0.796. The van der Waals surface area contributed by atoms with Crippen molar-refractivity contribution in [2.24, 2.45) is 5.92 Å². The van der Waals surface area contributed by atoms with Crippen molar-refractivity contribution in [2.75, 3.05) is 13.6 Å². The van der Waals surface area contributed by atoms with Gasteiger partial charge in [0.1, 0.15) is 0 Å². The zero-order valence-corrected chi connectivity index (χ0v) is 11.2. The molecule has 0 aromatic rings. The molecule has 0 bridgehead atoms. The van der Waals surface area contributed by atoms with Gasteiger partial charge in [-0.15, -0.1) is 0 Å². The SMILES string of the molecule is CNCCC(=O)N(C1CCC(C)CC1)C1CC1. The van der Waals surface area contributed by atoms with Crippen molar-refractivity contribution in [1.82, 2.24) is 10.2 Å². The Labute approximate surface area is 105 Å². The van der Waals surface area contributed by atoms with E-state index in [1.54, 1.807) is 0 Å². The fourth-order valence-corrected chi connectivity index (χ4v) is 2.94. The first-order valence-corrected chi connectivity index (χ1v) is 7.18. The van der Waals surface area contributed by atoms with Gasteiger partial charge in [-0.1, -0.05) is 6.92 Å². The van der Waals surface area contributed by atoms with E-state index in [2.05, 4.69) is 17.1 Å². The summed E-state index contributed by atoms with van der Waals surface area (Å²) in [5.41, 5.74) is 0. The molecule has 3 nitrogen and oxygen atoms in total. The summed E-state index contributed by atoms with van der Waals surface area (Å²) in [6, 6.07) is 1.13. The molecule has 98 valence electrons. The summed E-state index contributed by atoms with van der Waals surface area (Å²) in [4.78, 5) is 14.5. The summed E-state index contributed by atoms with van der Waals surface area (Å²) in [7, 11) is 1.91. The lowest BCUT2D eigenvalue weighted by atomic mass is 9.86. The van der Waals surface area contributed by atoms with Crippen molar-refractivity contribution >= 4 is 5.91 Å². The number of hydrogen-bond donors (Lipinski definition) is 1. The van der Waals surface area contributed by atoms with Crippen molar-refractivity contribution in [3.63, 3.8) is 0 Å². The molecule has 3 heteroatoms. The second-order valence-corrected chi connectivity index (χ2v) is 5.80. The highest BCUT2D eigenvalue weighted by atomic mass is 16.2. The van der Waals surface area contributed by atoms with Gasteiger partial charge in [0, 0.05) is 25.0 Å². The third-order valence-corrected chi connectivity index (χ3v) is 4.20. The van der Waals surface area contributed by atoms with Crippen molar-refractivity contribution in [1.29, 1.82) is 0 Å². The van der Waals surface area contributed by atoms with Gasteiger partial charge in [0.25, 0.3) is 0 Å². The first-order chi connectivity index (χ1) is 8.22. The van der Waals surface area contributed by atoms with E-state index in [1.807, 2.05) is 7.05 Å². The molecule has 0 aromatic carbocycles. The highest BCUT2D eigenvalue weighted by molar-refractivity contribution is 5.77. The summed E-state index contributed by atoms with van der Waals surface area (Å²) in [5.74, 6) is 1.24. The number of carbonyl (C=O) groups excluding carboxylic acids is 1. The molecule has 0 atom stereocenters. The zero-order chi connectivity index (χ0) is 12.3. The van der Waals surface area contributed by atoms with E-state index in [9.17, 15) is 4.79 Å². The summed E-state index contributed by atoms with van der Waals surface area (Å²) < 4.78 is 0. The van der Waals surface area contributed by atoms with E-state index < -0.39 is 0 Å². The minimum absolute atomic E-state index is 0.376. The topological polar surface area (TPSA) is 32.3 Å². The minimum atomic E-state index is 0.376. The Morgan fingerprint density at radius 2 is 1.65 bits per heavy atom. The third kappa shape index (κ3) is 3.44. The van der Waals surface area contributed by atoms with Crippen LogP contribution in [0.15, 0.2) is 0 Å². The van der Waals surface area contributed by atoms with Crippen LogP contribution in [0.1, 0.15) is 51.9 Å². The lowest BCUT2D eigenvalue weighted by Gasteiger charge is -2.36. The molecule has 0 saturated heterocycles. The Hall–Kier alpha value is -0.570. The maximum absolute atomic E-state index is 12.3. The van der Waals surface area contributed by atoms with Gasteiger partial charge >= 0.3 is 0 Å². The lowest BCUT2D eigenvalue weighted by molar-refractivity contribution is -0.135. The van der Waals surface area contributed by atoms with Crippen LogP contribution in [0.25, 0.3) is 0 Å². The maximum atomic E-state index is 12.3. The molecular weight excluding hydrogens is 212 g/mol. The predicted molar refractivity (Wildman–Crippen MR) is 69.8 cm³/mol. The number of nitrogens with zero attached hydrogens (tertiary/aromatic N) is 1. The van der Waals surface area contributed by atoms with Gasteiger partial charge in [0.05, 0.1) is 0 Å². The molecule has 2 rings (SSSR count). The maximum Gasteiger partial charge on any atom is 0.224 e. The molecule has 2 saturated carbocycles. The molecule has 0 heterocycles. The zero-order valence-electron chi connectivity index (χ0n) is 11.2. The normalized spacial score (nSPS) is 29.1. The number of amides is 1. The van der Waals surface area contributed by atoms with Crippen molar-refractivity contribution < 1.29 is 4.79 Å². The van der Waals surface area contributed by atoms with Crippen LogP contribution >= 0.6 is 0 Å². The Morgan fingerprint density at radius 1 is 1.12 bits per heavy atom. The number of carbonyl (C=O) groups is 1. The molecule has 0 unspecified atom stereocenters. The number of hydrogen-bond acceptors (Lipinski definition) is 2. The van der Waals surface area contributed by atoms with E-state index >= 15 is 0 Å². The van der Waals surface area contributed by atoms with Crippen LogP contribution in [-0.2, 0) is 4.79 Å². The molecule has 0 aliphatic heterocycles. The monoisotopic (exact) mass is 238 g/mol. The van der Waals surface area contributed by atoms with Crippen LogP contribution in [0.2, 0.25) is 0 Å². The van der Waals surface area contributed by atoms with Gasteiger partial charge < -0.3 is 10.2 Å². The fourth-order valence-electron chi connectivity index (χ4n) is 2.94. The summed E-state index contributed by atoms with van der Waals surface area (Å²) >= 11 is 0. The molecule has 1 amide bonds. The molecular formula is C14H26N2O. The third-order valence-electron chi connectivity index (χ3n) is 4.20. The summed E-state index contributed by atoms with van der Waals surface area (Å²) in [6.07, 6.45) is 8.18. The van der Waals surface area contributed by atoms with Crippen LogP contribution in [0.4, 0.5) is 0 Å². The van der Waals surface area contributed by atoms with Gasteiger partial charge in [-0.2, -0.15) is 0 Å². The first kappa shape index (κ1) is 12.9. The van der Waals surface area contributed by atoms with Gasteiger partial charge in [0.15, 0.2) is 0 Å². The predicted octanol–water partition coefficient (Wildman–Crippen LogP) is 2.17. The van der Waals surface area contributed by atoms with Gasteiger partial charge in [0.2, 0.25) is 5.91 Å². The highest BCUT2D eigenvalue weighted by Crippen LogP contribution is 2.35. The van der Waals surface area contributed by atoms with Crippen molar-refractivity contribution in [3.8, 4) is 0 Å². The van der Waals surface area contributed by atoms with E-state index in [0.717, 1.165) is 12.5 Å². The standard InChI is InChI=1S/C14H26N2O/c1-11-3-5-12(6-4-11)16(13-7-8-13)14(17)9-10-15-2/h11-13,15H,3-10H2,1-2H3. The molecule has 0 spiro atoms. The van der Waals surface area contributed by atoms with E-state index in [1.165, 1.54) is 38.5 Å². The Morgan fingerprint density at radius 3 is 2.12 bits per heavy atom. The van der Waals surface area contributed by atoms with Crippen LogP contribution in [-0.4, -0.2) is 36.5 Å². The van der Waals surface area contributed by atoms with Gasteiger partial charge in [-0.3, -0.25) is 4.79 Å². The van der Waals surface area contributed by atoms with Crippen LogP contribution in [0, 0.1) is 5.92 Å². The number of nitrogens with one attached hydrogen (secondary N) is 1. The average molecular weight is 238 g/mol. The average Bonchev–Trinajstić information content (AvgIpc) is 3.14.